The lowest BCUT2D eigenvalue weighted by atomic mass is 10.1. The van der Waals surface area contributed by atoms with Gasteiger partial charge in [-0.15, -0.1) is 0 Å². The molecule has 3 nitrogen and oxygen atoms in total. The lowest BCUT2D eigenvalue weighted by Crippen LogP contribution is -2.31. The van der Waals surface area contributed by atoms with Gasteiger partial charge in [-0.2, -0.15) is 0 Å². The number of nitrogens with two attached hydrogens (primary N) is 1. The van der Waals surface area contributed by atoms with E-state index in [2.05, 4.69) is 0 Å². The molecule has 0 aliphatic rings. The predicted molar refractivity (Wildman–Crippen MR) is 74.6 cm³/mol. The summed E-state index contributed by atoms with van der Waals surface area (Å²) in [6.45, 7) is 1.99. The number of hydrogen-bond acceptors (Lipinski definition) is 2. The lowest BCUT2D eigenvalue weighted by molar-refractivity contribution is 0.0987. The van der Waals surface area contributed by atoms with E-state index in [0.29, 0.717) is 0 Å². The first-order valence-corrected chi connectivity index (χ1v) is 6.16. The zero-order chi connectivity index (χ0) is 14.7. The van der Waals surface area contributed by atoms with Crippen LogP contribution in [0.1, 0.15) is 17.3 Å². The predicted octanol–water partition coefficient (Wildman–Crippen LogP) is 3.21. The maximum Gasteiger partial charge on any atom is 0.258 e. The molecular weight excluding hydrogens is 262 g/mol. The Bertz CT molecular complexity index is 644. The quantitative estimate of drug-likeness (QED) is 0.875. The van der Waals surface area contributed by atoms with E-state index in [4.69, 9.17) is 5.73 Å². The second-order valence-electron chi connectivity index (χ2n) is 4.24. The third-order valence-electron chi connectivity index (χ3n) is 2.95. The van der Waals surface area contributed by atoms with Crippen molar-refractivity contribution >= 4 is 17.3 Å². The Morgan fingerprint density at radius 2 is 1.85 bits per heavy atom. The van der Waals surface area contributed by atoms with Crippen molar-refractivity contribution < 1.29 is 13.6 Å². The standard InChI is InChI=1S/C15H14F2N2O/c1-2-19(14-6-4-3-5-11(14)16)15(20)10-7-8-13(18)12(17)9-10/h3-9H,2,18H2,1H3. The zero-order valence-corrected chi connectivity index (χ0v) is 10.9. The second-order valence-corrected chi connectivity index (χ2v) is 4.24. The summed E-state index contributed by atoms with van der Waals surface area (Å²) in [5.41, 5.74) is 5.63. The van der Waals surface area contributed by atoms with Crippen LogP contribution >= 0.6 is 0 Å². The van der Waals surface area contributed by atoms with Crippen molar-refractivity contribution in [2.24, 2.45) is 0 Å². The van der Waals surface area contributed by atoms with Crippen LogP contribution in [0, 0.1) is 11.6 Å². The van der Waals surface area contributed by atoms with Gasteiger partial charge in [0.25, 0.3) is 5.91 Å². The topological polar surface area (TPSA) is 46.3 Å². The van der Waals surface area contributed by atoms with Gasteiger partial charge in [-0.1, -0.05) is 12.1 Å². The van der Waals surface area contributed by atoms with Crippen LogP contribution in [0.4, 0.5) is 20.2 Å². The summed E-state index contributed by atoms with van der Waals surface area (Å²) in [5.74, 6) is -1.64. The number of carbonyl (C=O) groups is 1. The number of hydrogen-bond donors (Lipinski definition) is 1. The van der Waals surface area contributed by atoms with Crippen LogP contribution < -0.4 is 10.6 Å². The molecule has 2 N–H and O–H groups in total. The SMILES string of the molecule is CCN(C(=O)c1ccc(N)c(F)c1)c1ccccc1F. The Hall–Kier alpha value is -2.43. The lowest BCUT2D eigenvalue weighted by Gasteiger charge is -2.21. The molecular formula is C15H14F2N2O. The van der Waals surface area contributed by atoms with Crippen molar-refractivity contribution in [1.29, 1.82) is 0 Å². The molecule has 2 aromatic carbocycles. The van der Waals surface area contributed by atoms with Crippen LogP contribution in [0.3, 0.4) is 0 Å². The van der Waals surface area contributed by atoms with Gasteiger partial charge in [-0.3, -0.25) is 4.79 Å². The zero-order valence-electron chi connectivity index (χ0n) is 10.9. The first-order chi connectivity index (χ1) is 9.54. The van der Waals surface area contributed by atoms with Gasteiger partial charge in [0, 0.05) is 12.1 Å². The average Bonchev–Trinajstić information content (AvgIpc) is 2.44. The molecule has 0 fully saturated rings. The van der Waals surface area contributed by atoms with Crippen LogP contribution in [-0.2, 0) is 0 Å². The normalized spacial score (nSPS) is 10.3. The Kier molecular flexibility index (Phi) is 3.98. The number of halogens is 2. The van der Waals surface area contributed by atoms with E-state index in [-0.39, 0.29) is 23.5 Å². The summed E-state index contributed by atoms with van der Waals surface area (Å²) >= 11 is 0. The monoisotopic (exact) mass is 276 g/mol. The number of anilines is 2. The number of benzene rings is 2. The van der Waals surface area contributed by atoms with Gasteiger partial charge in [0.05, 0.1) is 11.4 Å². The van der Waals surface area contributed by atoms with Crippen molar-refractivity contribution in [3.8, 4) is 0 Å². The maximum absolute atomic E-state index is 13.8. The Balaban J connectivity index is 2.39. The molecule has 0 unspecified atom stereocenters. The fourth-order valence-corrected chi connectivity index (χ4v) is 1.91. The number of rotatable bonds is 3. The van der Waals surface area contributed by atoms with Gasteiger partial charge in [0.1, 0.15) is 11.6 Å². The Morgan fingerprint density at radius 1 is 1.15 bits per heavy atom. The molecule has 0 atom stereocenters. The van der Waals surface area contributed by atoms with E-state index >= 15 is 0 Å². The van der Waals surface area contributed by atoms with Crippen LogP contribution in [0.2, 0.25) is 0 Å². The summed E-state index contributed by atoms with van der Waals surface area (Å²) in [4.78, 5) is 13.6. The third kappa shape index (κ3) is 2.61. The first-order valence-electron chi connectivity index (χ1n) is 6.16. The van der Waals surface area contributed by atoms with Gasteiger partial charge in [-0.05, 0) is 37.3 Å². The number of nitrogens with zero attached hydrogens (tertiary/aromatic N) is 1. The highest BCUT2D eigenvalue weighted by molar-refractivity contribution is 6.06. The summed E-state index contributed by atoms with van der Waals surface area (Å²) in [5, 5.41) is 0. The van der Waals surface area contributed by atoms with E-state index in [1.54, 1.807) is 19.1 Å². The molecule has 0 aliphatic heterocycles. The molecule has 0 aliphatic carbocycles. The van der Waals surface area contributed by atoms with Gasteiger partial charge >= 0.3 is 0 Å². The summed E-state index contributed by atoms with van der Waals surface area (Å²) < 4.78 is 27.2. The molecule has 0 spiro atoms. The fourth-order valence-electron chi connectivity index (χ4n) is 1.91. The number of para-hydroxylation sites is 1. The molecule has 1 amide bonds. The van der Waals surface area contributed by atoms with Crippen molar-refractivity contribution in [2.45, 2.75) is 6.92 Å². The highest BCUT2D eigenvalue weighted by Crippen LogP contribution is 2.22. The molecule has 0 aromatic heterocycles. The molecule has 0 radical (unpaired) electrons. The summed E-state index contributed by atoms with van der Waals surface area (Å²) in [7, 11) is 0. The minimum atomic E-state index is -0.666. The number of carbonyl (C=O) groups excluding carboxylic acids is 1. The molecule has 2 aromatic rings. The van der Waals surface area contributed by atoms with Gasteiger partial charge in [0.15, 0.2) is 0 Å². The largest absolute Gasteiger partial charge is 0.396 e. The maximum atomic E-state index is 13.8. The van der Waals surface area contributed by atoms with E-state index in [9.17, 15) is 13.6 Å². The van der Waals surface area contributed by atoms with Crippen LogP contribution in [0.15, 0.2) is 42.5 Å². The minimum absolute atomic E-state index is 0.0320. The Morgan fingerprint density at radius 3 is 2.45 bits per heavy atom. The van der Waals surface area contributed by atoms with E-state index in [1.807, 2.05) is 0 Å². The van der Waals surface area contributed by atoms with E-state index in [1.165, 1.54) is 29.2 Å². The van der Waals surface area contributed by atoms with Crippen LogP contribution in [0.5, 0.6) is 0 Å². The van der Waals surface area contributed by atoms with Gasteiger partial charge in [0.2, 0.25) is 0 Å². The second kappa shape index (κ2) is 5.69. The van der Waals surface area contributed by atoms with E-state index in [0.717, 1.165) is 6.07 Å². The van der Waals surface area contributed by atoms with Gasteiger partial charge < -0.3 is 10.6 Å². The molecule has 2 rings (SSSR count). The number of nitrogen functional groups attached to an aromatic ring is 1. The van der Waals surface area contributed by atoms with Crippen LogP contribution in [0.25, 0.3) is 0 Å². The molecule has 0 heterocycles. The summed E-state index contributed by atoms with van der Waals surface area (Å²) in [6, 6.07) is 9.75. The molecule has 0 saturated carbocycles. The highest BCUT2D eigenvalue weighted by Gasteiger charge is 2.19. The van der Waals surface area contributed by atoms with Crippen molar-refractivity contribution in [1.82, 2.24) is 0 Å². The van der Waals surface area contributed by atoms with Crippen molar-refractivity contribution in [3.05, 3.63) is 59.7 Å². The van der Waals surface area contributed by atoms with Crippen molar-refractivity contribution in [3.63, 3.8) is 0 Å². The molecule has 0 saturated heterocycles. The molecule has 5 heteroatoms. The fraction of sp³-hybridized carbons (Fsp3) is 0.133. The molecule has 20 heavy (non-hydrogen) atoms. The van der Waals surface area contributed by atoms with Gasteiger partial charge in [-0.25, -0.2) is 8.78 Å². The Labute approximate surface area is 115 Å². The third-order valence-corrected chi connectivity index (χ3v) is 2.95. The summed E-state index contributed by atoms with van der Waals surface area (Å²) in [6.07, 6.45) is 0. The minimum Gasteiger partial charge on any atom is -0.396 e. The van der Waals surface area contributed by atoms with E-state index < -0.39 is 17.5 Å². The van der Waals surface area contributed by atoms with Crippen LogP contribution in [-0.4, -0.2) is 12.5 Å². The number of amides is 1. The average molecular weight is 276 g/mol. The molecule has 0 bridgehead atoms. The smallest absolute Gasteiger partial charge is 0.258 e. The first kappa shape index (κ1) is 14.0. The van der Waals surface area contributed by atoms with Crippen molar-refractivity contribution in [2.75, 3.05) is 17.2 Å². The molecule has 104 valence electrons. The highest BCUT2D eigenvalue weighted by atomic mass is 19.1.